The van der Waals surface area contributed by atoms with E-state index in [1.54, 1.807) is 38.3 Å². The number of methoxy groups -OCH3 is 1. The van der Waals surface area contributed by atoms with Crippen LogP contribution in [0.5, 0.6) is 5.75 Å². The molecule has 25 heavy (non-hydrogen) atoms. The van der Waals surface area contributed by atoms with Gasteiger partial charge in [-0.05, 0) is 31.2 Å². The van der Waals surface area contributed by atoms with Gasteiger partial charge in [-0.15, -0.1) is 0 Å². The highest BCUT2D eigenvalue weighted by molar-refractivity contribution is 6.01. The minimum atomic E-state index is -0.453. The standard InChI is InChI=1S/C19H22N2O4/c1-3-25-19(23)14-8-4-5-9-15(14)21-18(22)12-13-20-16-10-6-7-11-17(16)24-2/h4-11,20H,3,12-13H2,1-2H3,(H,21,22). The van der Waals surface area contributed by atoms with Crippen molar-refractivity contribution in [3.8, 4) is 5.75 Å². The molecule has 2 rings (SSSR count). The Morgan fingerprint density at radius 1 is 1.00 bits per heavy atom. The van der Waals surface area contributed by atoms with Crippen LogP contribution in [-0.2, 0) is 9.53 Å². The number of hydrogen-bond acceptors (Lipinski definition) is 5. The minimum Gasteiger partial charge on any atom is -0.495 e. The molecule has 0 heterocycles. The predicted octanol–water partition coefficient (Wildman–Crippen LogP) is 3.31. The van der Waals surface area contributed by atoms with E-state index >= 15 is 0 Å². The van der Waals surface area contributed by atoms with Gasteiger partial charge >= 0.3 is 5.97 Å². The van der Waals surface area contributed by atoms with Gasteiger partial charge in [-0.25, -0.2) is 4.79 Å². The quantitative estimate of drug-likeness (QED) is 0.720. The number of carbonyl (C=O) groups is 2. The van der Waals surface area contributed by atoms with Crippen LogP contribution in [-0.4, -0.2) is 32.1 Å². The van der Waals surface area contributed by atoms with Crippen molar-refractivity contribution in [3.05, 3.63) is 54.1 Å². The maximum Gasteiger partial charge on any atom is 0.340 e. The first-order chi connectivity index (χ1) is 12.2. The zero-order chi connectivity index (χ0) is 18.1. The third-order valence-electron chi connectivity index (χ3n) is 3.47. The lowest BCUT2D eigenvalue weighted by molar-refractivity contribution is -0.115. The van der Waals surface area contributed by atoms with E-state index in [9.17, 15) is 9.59 Å². The van der Waals surface area contributed by atoms with E-state index in [-0.39, 0.29) is 18.9 Å². The van der Waals surface area contributed by atoms with Crippen LogP contribution in [0.1, 0.15) is 23.7 Å². The van der Waals surface area contributed by atoms with E-state index in [0.717, 1.165) is 11.4 Å². The Morgan fingerprint density at radius 3 is 2.40 bits per heavy atom. The molecular weight excluding hydrogens is 320 g/mol. The summed E-state index contributed by atoms with van der Waals surface area (Å²) in [7, 11) is 1.60. The van der Waals surface area contributed by atoms with Crippen LogP contribution in [0.4, 0.5) is 11.4 Å². The second kappa shape index (κ2) is 9.32. The molecule has 6 heteroatoms. The highest BCUT2D eigenvalue weighted by Gasteiger charge is 2.13. The highest BCUT2D eigenvalue weighted by Crippen LogP contribution is 2.23. The number of amides is 1. The van der Waals surface area contributed by atoms with Crippen molar-refractivity contribution in [2.24, 2.45) is 0 Å². The molecule has 0 spiro atoms. The second-order valence-electron chi connectivity index (χ2n) is 5.19. The van der Waals surface area contributed by atoms with E-state index in [4.69, 9.17) is 9.47 Å². The molecule has 0 saturated heterocycles. The third kappa shape index (κ3) is 5.24. The molecule has 2 aromatic rings. The van der Waals surface area contributed by atoms with Gasteiger partial charge in [0.2, 0.25) is 5.91 Å². The van der Waals surface area contributed by atoms with Gasteiger partial charge in [0.05, 0.1) is 30.7 Å². The summed E-state index contributed by atoms with van der Waals surface area (Å²) in [6, 6.07) is 14.3. The first kappa shape index (κ1) is 18.3. The zero-order valence-corrected chi connectivity index (χ0v) is 14.4. The van der Waals surface area contributed by atoms with Crippen LogP contribution < -0.4 is 15.4 Å². The van der Waals surface area contributed by atoms with Crippen LogP contribution >= 0.6 is 0 Å². The summed E-state index contributed by atoms with van der Waals surface area (Å²) in [6.45, 7) is 2.46. The summed E-state index contributed by atoms with van der Waals surface area (Å²) in [5.41, 5.74) is 1.61. The van der Waals surface area contributed by atoms with Crippen molar-refractivity contribution in [1.29, 1.82) is 0 Å². The molecule has 0 bridgehead atoms. The lowest BCUT2D eigenvalue weighted by atomic mass is 10.1. The summed E-state index contributed by atoms with van der Waals surface area (Å²) in [5.74, 6) is 0.0697. The van der Waals surface area contributed by atoms with Gasteiger partial charge in [0, 0.05) is 13.0 Å². The monoisotopic (exact) mass is 342 g/mol. The van der Waals surface area contributed by atoms with Crippen LogP contribution in [0.3, 0.4) is 0 Å². The Balaban J connectivity index is 1.92. The molecule has 0 aliphatic heterocycles. The van der Waals surface area contributed by atoms with E-state index in [1.165, 1.54) is 0 Å². The number of benzene rings is 2. The fourth-order valence-corrected chi connectivity index (χ4v) is 2.29. The smallest absolute Gasteiger partial charge is 0.340 e. The lowest BCUT2D eigenvalue weighted by Crippen LogP contribution is -2.18. The van der Waals surface area contributed by atoms with Crippen molar-refractivity contribution in [1.82, 2.24) is 0 Å². The number of esters is 1. The molecule has 2 N–H and O–H groups in total. The molecule has 0 aliphatic carbocycles. The maximum absolute atomic E-state index is 12.2. The van der Waals surface area contributed by atoms with Gasteiger partial charge < -0.3 is 20.1 Å². The molecule has 1 amide bonds. The first-order valence-electron chi connectivity index (χ1n) is 8.08. The number of hydrogen-bond donors (Lipinski definition) is 2. The van der Waals surface area contributed by atoms with Crippen LogP contribution in [0.2, 0.25) is 0 Å². The summed E-state index contributed by atoms with van der Waals surface area (Å²) in [6.07, 6.45) is 0.245. The normalized spacial score (nSPS) is 10.0. The average molecular weight is 342 g/mol. The van der Waals surface area contributed by atoms with Crippen molar-refractivity contribution in [2.75, 3.05) is 30.9 Å². The van der Waals surface area contributed by atoms with Gasteiger partial charge in [0.25, 0.3) is 0 Å². The van der Waals surface area contributed by atoms with Gasteiger partial charge in [-0.3, -0.25) is 4.79 Å². The second-order valence-corrected chi connectivity index (χ2v) is 5.19. The van der Waals surface area contributed by atoms with Crippen molar-refractivity contribution >= 4 is 23.3 Å². The molecule has 0 aromatic heterocycles. The average Bonchev–Trinajstić information content (AvgIpc) is 2.62. The van der Waals surface area contributed by atoms with Crippen molar-refractivity contribution in [3.63, 3.8) is 0 Å². The van der Waals surface area contributed by atoms with E-state index in [1.807, 2.05) is 24.3 Å². The number of ether oxygens (including phenoxy) is 2. The third-order valence-corrected chi connectivity index (χ3v) is 3.47. The van der Waals surface area contributed by atoms with E-state index in [0.29, 0.717) is 17.8 Å². The van der Waals surface area contributed by atoms with E-state index in [2.05, 4.69) is 10.6 Å². The largest absolute Gasteiger partial charge is 0.495 e. The van der Waals surface area contributed by atoms with Crippen LogP contribution in [0, 0.1) is 0 Å². The van der Waals surface area contributed by atoms with Crippen LogP contribution in [0.25, 0.3) is 0 Å². The molecule has 0 aliphatic rings. The number of anilines is 2. The molecule has 0 fully saturated rings. The van der Waals surface area contributed by atoms with E-state index < -0.39 is 5.97 Å². The SMILES string of the molecule is CCOC(=O)c1ccccc1NC(=O)CCNc1ccccc1OC. The van der Waals surface area contributed by atoms with Crippen molar-refractivity contribution < 1.29 is 19.1 Å². The van der Waals surface area contributed by atoms with Gasteiger partial charge in [-0.2, -0.15) is 0 Å². The summed E-state index contributed by atoms with van der Waals surface area (Å²) in [5, 5.41) is 5.91. The van der Waals surface area contributed by atoms with Crippen LogP contribution in [0.15, 0.2) is 48.5 Å². The number of para-hydroxylation sites is 3. The number of carbonyl (C=O) groups excluding carboxylic acids is 2. The molecule has 0 saturated carbocycles. The first-order valence-corrected chi connectivity index (χ1v) is 8.08. The minimum absolute atomic E-state index is 0.195. The lowest BCUT2D eigenvalue weighted by Gasteiger charge is -2.12. The number of nitrogens with one attached hydrogen (secondary N) is 2. The number of rotatable bonds is 8. The van der Waals surface area contributed by atoms with Gasteiger partial charge in [-0.1, -0.05) is 24.3 Å². The molecular formula is C19H22N2O4. The Morgan fingerprint density at radius 2 is 1.68 bits per heavy atom. The van der Waals surface area contributed by atoms with Gasteiger partial charge in [0.15, 0.2) is 0 Å². The fourth-order valence-electron chi connectivity index (χ4n) is 2.29. The molecule has 132 valence electrons. The highest BCUT2D eigenvalue weighted by atomic mass is 16.5. The predicted molar refractivity (Wildman–Crippen MR) is 97.1 cm³/mol. The van der Waals surface area contributed by atoms with Crippen molar-refractivity contribution in [2.45, 2.75) is 13.3 Å². The fraction of sp³-hybridized carbons (Fsp3) is 0.263. The topological polar surface area (TPSA) is 76.7 Å². The molecule has 0 atom stereocenters. The Kier molecular flexibility index (Phi) is 6.83. The Hall–Kier alpha value is -3.02. The molecule has 0 unspecified atom stereocenters. The van der Waals surface area contributed by atoms with Gasteiger partial charge in [0.1, 0.15) is 5.75 Å². The summed E-state index contributed by atoms with van der Waals surface area (Å²) < 4.78 is 10.2. The summed E-state index contributed by atoms with van der Waals surface area (Å²) >= 11 is 0. The Labute approximate surface area is 147 Å². The molecule has 0 radical (unpaired) electrons. The Bertz CT molecular complexity index is 731. The molecule has 2 aromatic carbocycles. The molecule has 6 nitrogen and oxygen atoms in total. The summed E-state index contributed by atoms with van der Waals surface area (Å²) in [4.78, 5) is 24.1. The zero-order valence-electron chi connectivity index (χ0n) is 14.4. The maximum atomic E-state index is 12.2.